The van der Waals surface area contributed by atoms with Crippen molar-refractivity contribution < 1.29 is 14.3 Å². The van der Waals surface area contributed by atoms with Gasteiger partial charge in [-0.25, -0.2) is 14.8 Å². The van der Waals surface area contributed by atoms with Gasteiger partial charge in [0.1, 0.15) is 6.04 Å². The molecule has 0 saturated heterocycles. The molecule has 130 valence electrons. The molecule has 0 saturated carbocycles. The number of nitrogens with one attached hydrogen (secondary N) is 2. The molecular weight excluding hydrogens is 352 g/mol. The molecule has 2 aromatic heterocycles. The average molecular weight is 371 g/mol. The summed E-state index contributed by atoms with van der Waals surface area (Å²) >= 11 is 7.10. The predicted octanol–water partition coefficient (Wildman–Crippen LogP) is 2.41. The maximum Gasteiger partial charge on any atom is 0.328 e. The Balaban J connectivity index is 1.96. The summed E-state index contributed by atoms with van der Waals surface area (Å²) in [5.74, 6) is -0.589. The van der Waals surface area contributed by atoms with E-state index in [0.717, 1.165) is 6.42 Å². The van der Waals surface area contributed by atoms with E-state index >= 15 is 0 Å². The SMILES string of the molecule is CC[C@H](C)[C@@H](NC(=O)CSc1nc2ncc(Cl)cc2[nH]1)C(=O)OC. The van der Waals surface area contributed by atoms with E-state index in [-0.39, 0.29) is 17.6 Å². The lowest BCUT2D eigenvalue weighted by Crippen LogP contribution is -2.46. The number of aromatic nitrogens is 3. The Hall–Kier alpha value is -1.80. The Labute approximate surface area is 148 Å². The Morgan fingerprint density at radius 2 is 2.25 bits per heavy atom. The summed E-state index contributed by atoms with van der Waals surface area (Å²) < 4.78 is 4.75. The number of thioether (sulfide) groups is 1. The standard InChI is InChI=1S/C15H19ClN4O3S/c1-4-8(2)12(14(22)23-3)19-11(21)7-24-15-18-10-5-9(16)6-17-13(10)20-15/h5-6,8,12H,4,7H2,1-3H3,(H,19,21)(H,17,18,20)/t8-,12+/m0/s1. The number of H-pyrrole nitrogens is 1. The van der Waals surface area contributed by atoms with Crippen LogP contribution in [-0.4, -0.2) is 45.7 Å². The van der Waals surface area contributed by atoms with Gasteiger partial charge >= 0.3 is 5.97 Å². The van der Waals surface area contributed by atoms with Crippen LogP contribution in [-0.2, 0) is 14.3 Å². The first-order valence-electron chi connectivity index (χ1n) is 7.45. The molecule has 2 N–H and O–H groups in total. The smallest absolute Gasteiger partial charge is 0.328 e. The van der Waals surface area contributed by atoms with Crippen molar-refractivity contribution in [2.45, 2.75) is 31.5 Å². The van der Waals surface area contributed by atoms with Gasteiger partial charge < -0.3 is 15.0 Å². The molecule has 2 rings (SSSR count). The fraction of sp³-hybridized carbons (Fsp3) is 0.467. The van der Waals surface area contributed by atoms with Gasteiger partial charge in [0.15, 0.2) is 10.8 Å². The molecule has 1 amide bonds. The zero-order chi connectivity index (χ0) is 17.7. The number of methoxy groups -OCH3 is 1. The van der Waals surface area contributed by atoms with Gasteiger partial charge in [-0.3, -0.25) is 4.79 Å². The van der Waals surface area contributed by atoms with Crippen molar-refractivity contribution in [3.63, 3.8) is 0 Å². The lowest BCUT2D eigenvalue weighted by Gasteiger charge is -2.21. The van der Waals surface area contributed by atoms with Crippen molar-refractivity contribution in [1.29, 1.82) is 0 Å². The largest absolute Gasteiger partial charge is 0.467 e. The first-order chi connectivity index (χ1) is 11.4. The van der Waals surface area contributed by atoms with Crippen LogP contribution in [0.3, 0.4) is 0 Å². The first-order valence-corrected chi connectivity index (χ1v) is 8.82. The number of hydrogen-bond acceptors (Lipinski definition) is 6. The highest BCUT2D eigenvalue weighted by molar-refractivity contribution is 7.99. The second kappa shape index (κ2) is 8.34. The average Bonchev–Trinajstić information content (AvgIpc) is 2.98. The van der Waals surface area contributed by atoms with Crippen molar-refractivity contribution in [1.82, 2.24) is 20.3 Å². The molecule has 0 spiro atoms. The van der Waals surface area contributed by atoms with E-state index in [4.69, 9.17) is 16.3 Å². The van der Waals surface area contributed by atoms with Crippen molar-refractivity contribution in [3.05, 3.63) is 17.3 Å². The molecule has 0 fully saturated rings. The fourth-order valence-electron chi connectivity index (χ4n) is 2.07. The minimum absolute atomic E-state index is 0.0102. The number of rotatable bonds is 7. The van der Waals surface area contributed by atoms with Crippen molar-refractivity contribution >= 4 is 46.4 Å². The van der Waals surface area contributed by atoms with Gasteiger partial charge in [0.25, 0.3) is 0 Å². The van der Waals surface area contributed by atoms with E-state index in [1.54, 1.807) is 6.07 Å². The number of fused-ring (bicyclic) bond motifs is 1. The first kappa shape index (κ1) is 18.5. The van der Waals surface area contributed by atoms with Gasteiger partial charge in [0, 0.05) is 6.20 Å². The van der Waals surface area contributed by atoms with E-state index in [0.29, 0.717) is 21.3 Å². The third-order valence-electron chi connectivity index (χ3n) is 3.61. The van der Waals surface area contributed by atoms with Crippen molar-refractivity contribution in [2.24, 2.45) is 5.92 Å². The summed E-state index contributed by atoms with van der Waals surface area (Å²) in [6.07, 6.45) is 2.27. The second-order valence-corrected chi connectivity index (χ2v) is 6.71. The zero-order valence-electron chi connectivity index (χ0n) is 13.6. The number of esters is 1. The number of ether oxygens (including phenoxy) is 1. The Morgan fingerprint density at radius 1 is 1.50 bits per heavy atom. The molecule has 0 radical (unpaired) electrons. The maximum absolute atomic E-state index is 12.1. The number of aromatic amines is 1. The van der Waals surface area contributed by atoms with E-state index in [2.05, 4.69) is 20.3 Å². The summed E-state index contributed by atoms with van der Waals surface area (Å²) in [4.78, 5) is 35.3. The highest BCUT2D eigenvalue weighted by Crippen LogP contribution is 2.20. The van der Waals surface area contributed by atoms with Gasteiger partial charge in [0.2, 0.25) is 5.91 Å². The van der Waals surface area contributed by atoms with Crippen LogP contribution in [0.25, 0.3) is 11.2 Å². The second-order valence-electron chi connectivity index (χ2n) is 5.31. The van der Waals surface area contributed by atoms with E-state index in [1.807, 2.05) is 13.8 Å². The summed E-state index contributed by atoms with van der Waals surface area (Å²) in [7, 11) is 1.31. The molecule has 2 atom stereocenters. The van der Waals surface area contributed by atoms with Crippen LogP contribution in [0.5, 0.6) is 0 Å². The highest BCUT2D eigenvalue weighted by atomic mass is 35.5. The zero-order valence-corrected chi connectivity index (χ0v) is 15.2. The molecule has 0 aliphatic rings. The number of carbonyl (C=O) groups is 2. The molecule has 7 nitrogen and oxygen atoms in total. The normalized spacial score (nSPS) is 13.5. The lowest BCUT2D eigenvalue weighted by atomic mass is 9.99. The molecule has 0 unspecified atom stereocenters. The maximum atomic E-state index is 12.1. The van der Waals surface area contributed by atoms with Crippen LogP contribution in [0.15, 0.2) is 17.4 Å². The molecule has 0 aliphatic heterocycles. The van der Waals surface area contributed by atoms with Crippen LogP contribution in [0.1, 0.15) is 20.3 Å². The summed E-state index contributed by atoms with van der Waals surface area (Å²) in [5.41, 5.74) is 1.24. The highest BCUT2D eigenvalue weighted by Gasteiger charge is 2.26. The number of halogens is 1. The minimum atomic E-state index is -0.649. The van der Waals surface area contributed by atoms with Crippen LogP contribution in [0.4, 0.5) is 0 Å². The van der Waals surface area contributed by atoms with Gasteiger partial charge in [0.05, 0.1) is 23.4 Å². The predicted molar refractivity (Wildman–Crippen MR) is 93.0 cm³/mol. The monoisotopic (exact) mass is 370 g/mol. The number of imidazole rings is 1. The van der Waals surface area contributed by atoms with E-state index in [9.17, 15) is 9.59 Å². The van der Waals surface area contributed by atoms with Gasteiger partial charge in [-0.2, -0.15) is 0 Å². The molecule has 0 aromatic carbocycles. The number of nitrogens with zero attached hydrogens (tertiary/aromatic N) is 2. The van der Waals surface area contributed by atoms with Crippen molar-refractivity contribution in [2.75, 3.05) is 12.9 Å². The molecule has 0 bridgehead atoms. The third kappa shape index (κ3) is 4.61. The molecule has 2 heterocycles. The van der Waals surface area contributed by atoms with E-state index < -0.39 is 12.0 Å². The van der Waals surface area contributed by atoms with Crippen LogP contribution < -0.4 is 5.32 Å². The lowest BCUT2D eigenvalue weighted by molar-refractivity contribution is -0.146. The Bertz CT molecular complexity index is 737. The van der Waals surface area contributed by atoms with Crippen LogP contribution in [0, 0.1) is 5.92 Å². The summed E-state index contributed by atoms with van der Waals surface area (Å²) in [6, 6.07) is 1.07. The Morgan fingerprint density at radius 3 is 2.92 bits per heavy atom. The topological polar surface area (TPSA) is 97.0 Å². The summed E-state index contributed by atoms with van der Waals surface area (Å²) in [5, 5.41) is 3.79. The van der Waals surface area contributed by atoms with Crippen LogP contribution >= 0.6 is 23.4 Å². The quantitative estimate of drug-likeness (QED) is 0.573. The number of hydrogen-bond donors (Lipinski definition) is 2. The fourth-order valence-corrected chi connectivity index (χ4v) is 2.91. The van der Waals surface area contributed by atoms with Crippen molar-refractivity contribution in [3.8, 4) is 0 Å². The molecule has 9 heteroatoms. The molecular formula is C15H19ClN4O3S. The van der Waals surface area contributed by atoms with Gasteiger partial charge in [-0.15, -0.1) is 0 Å². The van der Waals surface area contributed by atoms with Gasteiger partial charge in [-0.05, 0) is 12.0 Å². The minimum Gasteiger partial charge on any atom is -0.467 e. The summed E-state index contributed by atoms with van der Waals surface area (Å²) in [6.45, 7) is 3.84. The molecule has 24 heavy (non-hydrogen) atoms. The Kier molecular flexibility index (Phi) is 6.44. The van der Waals surface area contributed by atoms with Crippen LogP contribution in [0.2, 0.25) is 5.02 Å². The molecule has 2 aromatic rings. The number of pyridine rings is 1. The number of amides is 1. The van der Waals surface area contributed by atoms with E-state index in [1.165, 1.54) is 25.1 Å². The number of carbonyl (C=O) groups excluding carboxylic acids is 2. The molecule has 0 aliphatic carbocycles. The third-order valence-corrected chi connectivity index (χ3v) is 4.69. The van der Waals surface area contributed by atoms with Gasteiger partial charge in [-0.1, -0.05) is 43.6 Å².